The summed E-state index contributed by atoms with van der Waals surface area (Å²) in [5, 5.41) is 16.3. The van der Waals surface area contributed by atoms with Crippen molar-refractivity contribution in [3.63, 3.8) is 0 Å². The average molecular weight is 1070 g/mol. The van der Waals surface area contributed by atoms with Gasteiger partial charge in [0.05, 0.1) is 24.8 Å². The average Bonchev–Trinajstić information content (AvgIpc) is 3.18. The van der Waals surface area contributed by atoms with Gasteiger partial charge in [-0.3, -0.25) is 14.4 Å². The van der Waals surface area contributed by atoms with Gasteiger partial charge in [0, 0.05) is 61.4 Å². The van der Waals surface area contributed by atoms with Gasteiger partial charge < -0.3 is 19.7 Å². The summed E-state index contributed by atoms with van der Waals surface area (Å²) >= 11 is 0. The van der Waals surface area contributed by atoms with Crippen LogP contribution in [0.1, 0.15) is 111 Å². The number of para-hydroxylation sites is 2. The Morgan fingerprint density at radius 3 is 1.13 bits per heavy atom. The van der Waals surface area contributed by atoms with E-state index in [1.54, 1.807) is 61.5 Å². The normalized spacial score (nSPS) is 7.38. The summed E-state index contributed by atoms with van der Waals surface area (Å²) in [5.41, 5.74) is 0.331. The van der Waals surface area contributed by atoms with E-state index in [0.717, 1.165) is 0 Å². The van der Waals surface area contributed by atoms with Gasteiger partial charge in [-0.25, -0.2) is 4.79 Å². The van der Waals surface area contributed by atoms with Gasteiger partial charge in [-0.05, 0) is 43.3 Å². The molecule has 3 rings (SSSR count). The summed E-state index contributed by atoms with van der Waals surface area (Å²) in [4.78, 5) is 42.1. The molecule has 0 saturated carbocycles. The second-order valence-corrected chi connectivity index (χ2v) is 7.97. The first-order valence-electron chi connectivity index (χ1n) is 17.0. The Kier molecular flexibility index (Phi) is 65.3. The van der Waals surface area contributed by atoms with Crippen LogP contribution < -0.4 is 9.47 Å². The number of carboxylic acids is 2. The van der Waals surface area contributed by atoms with Crippen LogP contribution >= 0.6 is 0 Å². The minimum absolute atomic E-state index is 0. The maximum Gasteiger partial charge on any atom is 0.335 e. The predicted molar refractivity (Wildman–Crippen MR) is 209 cm³/mol. The van der Waals surface area contributed by atoms with Crippen LogP contribution in [0, 0.1) is 36.5 Å². The standard InChI is InChI=1S/C12H12O2.C11H10O2.C7H6O2.C5H6O2.4C2H6.2W/c1-2-3-5-10-12(13)14-11-8-6-4-7-9-11;1-2-3-9-11(12)13-10-7-5-4-6-8-10;8-7(9)6-4-2-1-3-5-6;1-2-3-4-5(6)7;4*1-2;;/h4,6-9H,5,10H2,1H3;1,4-8H,3,9H2;1-5H,(H,8,9);1H,3-4H2,(H,6,7);4*1-2H3;;. The van der Waals surface area contributed by atoms with Crippen molar-refractivity contribution in [3.8, 4) is 48.0 Å². The minimum Gasteiger partial charge on any atom is -0.481 e. The molecule has 10 heteroatoms. The van der Waals surface area contributed by atoms with E-state index in [1.165, 1.54) is 0 Å². The third-order valence-electron chi connectivity index (χ3n) is 4.56. The Labute approximate surface area is 348 Å². The number of hydrogen-bond donors (Lipinski definition) is 2. The van der Waals surface area contributed by atoms with Crippen LogP contribution in [-0.2, 0) is 56.5 Å². The van der Waals surface area contributed by atoms with Gasteiger partial charge in [0.15, 0.2) is 0 Å². The van der Waals surface area contributed by atoms with Gasteiger partial charge in [0.25, 0.3) is 0 Å². The first-order chi connectivity index (χ1) is 24.7. The van der Waals surface area contributed by atoms with Crippen molar-refractivity contribution < 1.29 is 81.0 Å². The number of ether oxygens (including phenoxy) is 2. The van der Waals surface area contributed by atoms with E-state index < -0.39 is 11.9 Å². The molecule has 290 valence electrons. The fourth-order valence-electron chi connectivity index (χ4n) is 2.57. The second-order valence-electron chi connectivity index (χ2n) is 7.97. The van der Waals surface area contributed by atoms with Gasteiger partial charge >= 0.3 is 23.9 Å². The number of aromatic carboxylic acids is 1. The molecule has 0 aliphatic carbocycles. The minimum atomic E-state index is -0.879. The zero-order valence-electron chi connectivity index (χ0n) is 32.7. The Morgan fingerprint density at radius 1 is 0.547 bits per heavy atom. The predicted octanol–water partition coefficient (Wildman–Crippen LogP) is 10.4. The molecule has 0 aromatic heterocycles. The largest absolute Gasteiger partial charge is 0.481 e. The van der Waals surface area contributed by atoms with Crippen LogP contribution in [-0.4, -0.2) is 34.1 Å². The Balaban J connectivity index is -0.000000101. The maximum absolute atomic E-state index is 11.2. The van der Waals surface area contributed by atoms with Crippen molar-refractivity contribution >= 4 is 23.9 Å². The van der Waals surface area contributed by atoms with Gasteiger partial charge in [-0.2, -0.15) is 0 Å². The van der Waals surface area contributed by atoms with E-state index in [9.17, 15) is 19.2 Å². The summed E-state index contributed by atoms with van der Waals surface area (Å²) in [6, 6.07) is 26.3. The number of rotatable bonds is 9. The smallest absolute Gasteiger partial charge is 0.335 e. The molecule has 3 aromatic carbocycles. The Bertz CT molecular complexity index is 1390. The molecule has 0 aliphatic heterocycles. The second kappa shape index (κ2) is 54.4. The molecule has 0 aliphatic rings. The van der Waals surface area contributed by atoms with E-state index in [0.29, 0.717) is 42.7 Å². The quantitative estimate of drug-likeness (QED) is 0.123. The number of aliphatic carboxylic acids is 1. The van der Waals surface area contributed by atoms with Crippen molar-refractivity contribution in [2.45, 2.75) is 101 Å². The van der Waals surface area contributed by atoms with Crippen molar-refractivity contribution in [2.24, 2.45) is 0 Å². The molecular formula is C43H58O8W2. The molecule has 0 fully saturated rings. The number of carbonyl (C=O) groups excluding carboxylic acids is 2. The van der Waals surface area contributed by atoms with Gasteiger partial charge in [0.1, 0.15) is 11.5 Å². The van der Waals surface area contributed by atoms with E-state index >= 15 is 0 Å². The fraction of sp³-hybridized carbons (Fsp3) is 0.349. The topological polar surface area (TPSA) is 127 Å². The maximum atomic E-state index is 11.2. The first kappa shape index (κ1) is 63.6. The molecule has 0 saturated heterocycles. The molecule has 8 nitrogen and oxygen atoms in total. The molecule has 53 heavy (non-hydrogen) atoms. The van der Waals surface area contributed by atoms with Crippen molar-refractivity contribution in [1.29, 1.82) is 0 Å². The first-order valence-corrected chi connectivity index (χ1v) is 17.0. The van der Waals surface area contributed by atoms with Crippen LogP contribution in [0.15, 0.2) is 91.0 Å². The number of carboxylic acid groups (broad SMARTS) is 2. The van der Waals surface area contributed by atoms with Crippen LogP contribution in [0.4, 0.5) is 0 Å². The summed E-state index contributed by atoms with van der Waals surface area (Å²) in [6.45, 7) is 17.8. The monoisotopic (exact) mass is 1070 g/mol. The molecule has 0 radical (unpaired) electrons. The molecule has 0 spiro atoms. The molecule has 0 bridgehead atoms. The van der Waals surface area contributed by atoms with Gasteiger partial charge in [-0.15, -0.1) is 36.5 Å². The van der Waals surface area contributed by atoms with Crippen molar-refractivity contribution in [3.05, 3.63) is 96.6 Å². The summed E-state index contributed by atoms with van der Waals surface area (Å²) in [6.07, 6.45) is 11.8. The van der Waals surface area contributed by atoms with Crippen LogP contribution in [0.3, 0.4) is 0 Å². The van der Waals surface area contributed by atoms with Crippen LogP contribution in [0.2, 0.25) is 0 Å². The zero-order valence-corrected chi connectivity index (χ0v) is 38.6. The van der Waals surface area contributed by atoms with Gasteiger partial charge in [-0.1, -0.05) is 110 Å². The van der Waals surface area contributed by atoms with E-state index in [2.05, 4.69) is 23.7 Å². The molecule has 0 heterocycles. The zero-order chi connectivity index (χ0) is 40.1. The molecule has 0 atom stereocenters. The number of benzene rings is 3. The Hall–Kier alpha value is -4.40. The number of carbonyl (C=O) groups is 4. The van der Waals surface area contributed by atoms with E-state index in [4.69, 9.17) is 32.5 Å². The number of hydrogen-bond acceptors (Lipinski definition) is 6. The fourth-order valence-corrected chi connectivity index (χ4v) is 2.57. The Morgan fingerprint density at radius 2 is 0.868 bits per heavy atom. The number of terminal acetylenes is 2. The molecule has 0 unspecified atom stereocenters. The summed E-state index contributed by atoms with van der Waals surface area (Å²) in [5.74, 6) is 9.05. The van der Waals surface area contributed by atoms with Crippen molar-refractivity contribution in [2.75, 3.05) is 0 Å². The summed E-state index contributed by atoms with van der Waals surface area (Å²) < 4.78 is 10.0. The molecule has 0 amide bonds. The van der Waals surface area contributed by atoms with Crippen molar-refractivity contribution in [1.82, 2.24) is 0 Å². The summed E-state index contributed by atoms with van der Waals surface area (Å²) in [7, 11) is 0. The molecule has 2 N–H and O–H groups in total. The third kappa shape index (κ3) is 49.8. The molecular weight excluding hydrogens is 1010 g/mol. The SMILES string of the molecule is C#CCCC(=O)O.C#CCCC(=O)Oc1ccccc1.CC.CC.CC.CC.CC#CCCC(=O)Oc1ccccc1.O=C(O)c1ccccc1.[W].[W]. The van der Waals surface area contributed by atoms with Gasteiger partial charge in [0.2, 0.25) is 0 Å². The molecule has 3 aromatic rings. The van der Waals surface area contributed by atoms with Crippen LogP contribution in [0.5, 0.6) is 11.5 Å². The third-order valence-corrected chi connectivity index (χ3v) is 4.56. The number of esters is 2. The van der Waals surface area contributed by atoms with Crippen LogP contribution in [0.25, 0.3) is 0 Å². The van der Waals surface area contributed by atoms with E-state index in [-0.39, 0.29) is 66.9 Å². The van der Waals surface area contributed by atoms with E-state index in [1.807, 2.05) is 91.8 Å².